The molecule has 2 heterocycles. The molecule has 25 heavy (non-hydrogen) atoms. The van der Waals surface area contributed by atoms with E-state index in [0.717, 1.165) is 33.3 Å². The van der Waals surface area contributed by atoms with Crippen molar-refractivity contribution in [2.75, 3.05) is 13.7 Å². The Labute approximate surface area is 155 Å². The number of thiophene rings is 1. The number of aryl methyl sites for hydroxylation is 2. The molecular formula is C19H20N2O2S2. The van der Waals surface area contributed by atoms with Crippen molar-refractivity contribution in [3.05, 3.63) is 57.4 Å². The minimum atomic E-state index is -0.0653. The van der Waals surface area contributed by atoms with Gasteiger partial charge in [-0.1, -0.05) is 23.8 Å². The number of ether oxygens (including phenoxy) is 1. The van der Waals surface area contributed by atoms with Crippen molar-refractivity contribution < 1.29 is 9.53 Å². The summed E-state index contributed by atoms with van der Waals surface area (Å²) in [6.45, 7) is 4.49. The van der Waals surface area contributed by atoms with Crippen LogP contribution in [0, 0.1) is 13.8 Å². The molecule has 0 bridgehead atoms. The predicted molar refractivity (Wildman–Crippen MR) is 104 cm³/mol. The Morgan fingerprint density at radius 1 is 1.28 bits per heavy atom. The summed E-state index contributed by atoms with van der Waals surface area (Å²) in [5, 5.41) is 5.91. The molecule has 6 heteroatoms. The summed E-state index contributed by atoms with van der Waals surface area (Å²) in [4.78, 5) is 18.8. The van der Waals surface area contributed by atoms with Gasteiger partial charge in [0.25, 0.3) is 5.91 Å². The Balaban J connectivity index is 1.65. The second-order valence-corrected chi connectivity index (χ2v) is 7.68. The van der Waals surface area contributed by atoms with Crippen LogP contribution in [0.5, 0.6) is 5.75 Å². The Hall–Kier alpha value is -2.18. The minimum Gasteiger partial charge on any atom is -0.496 e. The van der Waals surface area contributed by atoms with Gasteiger partial charge in [-0.15, -0.1) is 22.7 Å². The van der Waals surface area contributed by atoms with Crippen molar-refractivity contribution in [1.29, 1.82) is 0 Å². The number of nitrogens with zero attached hydrogens (tertiary/aromatic N) is 1. The summed E-state index contributed by atoms with van der Waals surface area (Å²) in [5.41, 5.74) is 3.06. The van der Waals surface area contributed by atoms with E-state index in [-0.39, 0.29) is 5.91 Å². The van der Waals surface area contributed by atoms with Crippen molar-refractivity contribution >= 4 is 28.6 Å². The first-order chi connectivity index (χ1) is 12.1. The fourth-order valence-electron chi connectivity index (χ4n) is 2.61. The molecule has 1 amide bonds. The van der Waals surface area contributed by atoms with Crippen LogP contribution in [0.15, 0.2) is 35.7 Å². The molecule has 0 spiro atoms. The predicted octanol–water partition coefficient (Wildman–Crippen LogP) is 4.47. The van der Waals surface area contributed by atoms with E-state index < -0.39 is 0 Å². The summed E-state index contributed by atoms with van der Waals surface area (Å²) in [6.07, 6.45) is 0.728. The Morgan fingerprint density at radius 2 is 2.12 bits per heavy atom. The topological polar surface area (TPSA) is 51.2 Å². The van der Waals surface area contributed by atoms with Crippen LogP contribution in [0.4, 0.5) is 0 Å². The molecule has 3 rings (SSSR count). The molecule has 0 fully saturated rings. The molecular weight excluding hydrogens is 352 g/mol. The number of nitrogens with one attached hydrogen (secondary N) is 1. The lowest BCUT2D eigenvalue weighted by molar-refractivity contribution is 0.0957. The van der Waals surface area contributed by atoms with Crippen LogP contribution >= 0.6 is 22.7 Å². The summed E-state index contributed by atoms with van der Waals surface area (Å²) in [6, 6.07) is 10.1. The summed E-state index contributed by atoms with van der Waals surface area (Å²) < 4.78 is 5.39. The first-order valence-corrected chi connectivity index (χ1v) is 9.71. The standard InChI is InChI=1S/C19H20N2O2S2/c1-12-6-7-15(23-3)14(11-12)8-9-20-18(22)17-13(2)21-19(25-17)16-5-4-10-24-16/h4-7,10-11H,8-9H2,1-3H3,(H,20,22). The Morgan fingerprint density at radius 3 is 2.84 bits per heavy atom. The highest BCUT2D eigenvalue weighted by Gasteiger charge is 2.16. The van der Waals surface area contributed by atoms with E-state index >= 15 is 0 Å². The van der Waals surface area contributed by atoms with Crippen molar-refractivity contribution in [2.24, 2.45) is 0 Å². The fraction of sp³-hybridized carbons (Fsp3) is 0.263. The van der Waals surface area contributed by atoms with E-state index in [2.05, 4.69) is 16.4 Å². The number of methoxy groups -OCH3 is 1. The largest absolute Gasteiger partial charge is 0.496 e. The fourth-order valence-corrected chi connectivity index (χ4v) is 4.39. The van der Waals surface area contributed by atoms with Gasteiger partial charge in [0.05, 0.1) is 17.7 Å². The number of carbonyl (C=O) groups excluding carboxylic acids is 1. The first-order valence-electron chi connectivity index (χ1n) is 8.01. The molecule has 0 atom stereocenters. The van der Waals surface area contributed by atoms with E-state index in [1.54, 1.807) is 18.4 Å². The van der Waals surface area contributed by atoms with Crippen LogP contribution in [-0.4, -0.2) is 24.5 Å². The molecule has 130 valence electrons. The van der Waals surface area contributed by atoms with Gasteiger partial charge in [-0.25, -0.2) is 4.98 Å². The van der Waals surface area contributed by atoms with Crippen LogP contribution in [0.25, 0.3) is 9.88 Å². The molecule has 0 unspecified atom stereocenters. The lowest BCUT2D eigenvalue weighted by Crippen LogP contribution is -2.25. The lowest BCUT2D eigenvalue weighted by Gasteiger charge is -2.10. The van der Waals surface area contributed by atoms with Gasteiger partial charge in [-0.2, -0.15) is 0 Å². The highest BCUT2D eigenvalue weighted by atomic mass is 32.1. The molecule has 0 aliphatic rings. The van der Waals surface area contributed by atoms with Gasteiger partial charge in [0.1, 0.15) is 15.6 Å². The van der Waals surface area contributed by atoms with Crippen LogP contribution in [0.3, 0.4) is 0 Å². The molecule has 1 aromatic carbocycles. The molecule has 0 saturated heterocycles. The van der Waals surface area contributed by atoms with Gasteiger partial charge in [0.15, 0.2) is 0 Å². The van der Waals surface area contributed by atoms with Crippen LogP contribution in [0.1, 0.15) is 26.5 Å². The van der Waals surface area contributed by atoms with Crippen molar-refractivity contribution in [3.63, 3.8) is 0 Å². The highest BCUT2D eigenvalue weighted by Crippen LogP contribution is 2.31. The molecule has 0 radical (unpaired) electrons. The number of rotatable bonds is 6. The third-order valence-corrected chi connectivity index (χ3v) is 6.05. The second-order valence-electron chi connectivity index (χ2n) is 5.73. The van der Waals surface area contributed by atoms with Crippen molar-refractivity contribution in [3.8, 4) is 15.6 Å². The molecule has 3 aromatic rings. The minimum absolute atomic E-state index is 0.0653. The summed E-state index contributed by atoms with van der Waals surface area (Å²) in [5.74, 6) is 0.790. The number of amides is 1. The number of hydrogen-bond acceptors (Lipinski definition) is 5. The van der Waals surface area contributed by atoms with E-state index in [4.69, 9.17) is 4.74 Å². The third kappa shape index (κ3) is 4.08. The van der Waals surface area contributed by atoms with Crippen LogP contribution < -0.4 is 10.1 Å². The van der Waals surface area contributed by atoms with E-state index in [9.17, 15) is 4.79 Å². The molecule has 0 saturated carbocycles. The molecule has 4 nitrogen and oxygen atoms in total. The van der Waals surface area contributed by atoms with Crippen LogP contribution in [0.2, 0.25) is 0 Å². The van der Waals surface area contributed by atoms with Gasteiger partial charge in [-0.05, 0) is 43.3 Å². The monoisotopic (exact) mass is 372 g/mol. The molecule has 2 aromatic heterocycles. The number of thiazole rings is 1. The third-order valence-electron chi connectivity index (χ3n) is 3.85. The Kier molecular flexibility index (Phi) is 5.50. The van der Waals surface area contributed by atoms with E-state index in [0.29, 0.717) is 11.4 Å². The SMILES string of the molecule is COc1ccc(C)cc1CCNC(=O)c1sc(-c2cccs2)nc1C. The molecule has 0 aliphatic carbocycles. The number of hydrogen-bond donors (Lipinski definition) is 1. The maximum absolute atomic E-state index is 12.5. The van der Waals surface area contributed by atoms with E-state index in [1.165, 1.54) is 16.9 Å². The van der Waals surface area contributed by atoms with Gasteiger partial charge in [0.2, 0.25) is 0 Å². The van der Waals surface area contributed by atoms with E-state index in [1.807, 2.05) is 43.5 Å². The van der Waals surface area contributed by atoms with Crippen molar-refractivity contribution in [2.45, 2.75) is 20.3 Å². The average molecular weight is 373 g/mol. The lowest BCUT2D eigenvalue weighted by atomic mass is 10.1. The number of aromatic nitrogens is 1. The average Bonchev–Trinajstić information content (AvgIpc) is 3.24. The van der Waals surface area contributed by atoms with Gasteiger partial charge < -0.3 is 10.1 Å². The number of carbonyl (C=O) groups is 1. The zero-order valence-corrected chi connectivity index (χ0v) is 16.1. The maximum Gasteiger partial charge on any atom is 0.263 e. The zero-order valence-electron chi connectivity index (χ0n) is 14.5. The second kappa shape index (κ2) is 7.80. The normalized spacial score (nSPS) is 10.7. The quantitative estimate of drug-likeness (QED) is 0.694. The smallest absolute Gasteiger partial charge is 0.263 e. The first kappa shape index (κ1) is 17.6. The van der Waals surface area contributed by atoms with Crippen LogP contribution in [-0.2, 0) is 6.42 Å². The van der Waals surface area contributed by atoms with Gasteiger partial charge in [0, 0.05) is 6.54 Å². The van der Waals surface area contributed by atoms with Gasteiger partial charge in [-0.3, -0.25) is 4.79 Å². The van der Waals surface area contributed by atoms with Gasteiger partial charge >= 0.3 is 0 Å². The highest BCUT2D eigenvalue weighted by molar-refractivity contribution is 7.22. The summed E-state index contributed by atoms with van der Waals surface area (Å²) in [7, 11) is 1.67. The molecule has 1 N–H and O–H groups in total. The zero-order chi connectivity index (χ0) is 17.8. The number of benzene rings is 1. The molecule has 0 aliphatic heterocycles. The summed E-state index contributed by atoms with van der Waals surface area (Å²) >= 11 is 3.08. The van der Waals surface area contributed by atoms with Crippen molar-refractivity contribution in [1.82, 2.24) is 10.3 Å². The maximum atomic E-state index is 12.5. The Bertz CT molecular complexity index is 870.